The lowest BCUT2D eigenvalue weighted by Gasteiger charge is -2.22. The Labute approximate surface area is 197 Å². The van der Waals surface area contributed by atoms with Gasteiger partial charge < -0.3 is 15.0 Å². The zero-order chi connectivity index (χ0) is 24.7. The largest absolute Gasteiger partial charge is 0.448 e. The molecule has 1 amide bonds. The maximum Gasteiger partial charge on any atom is 0.412 e. The minimum Gasteiger partial charge on any atom is -0.448 e. The van der Waals surface area contributed by atoms with Gasteiger partial charge in [0.2, 0.25) is 0 Å². The van der Waals surface area contributed by atoms with E-state index in [-0.39, 0.29) is 23.1 Å². The normalized spacial score (nSPS) is 12.4. The van der Waals surface area contributed by atoms with Crippen molar-refractivity contribution >= 4 is 23.5 Å². The van der Waals surface area contributed by atoms with Crippen molar-refractivity contribution < 1.29 is 31.6 Å². The van der Waals surface area contributed by atoms with Gasteiger partial charge in [0, 0.05) is 24.6 Å². The van der Waals surface area contributed by atoms with Crippen LogP contribution in [0.1, 0.15) is 12.0 Å². The molecule has 1 heterocycles. The molecule has 12 heteroatoms. The van der Waals surface area contributed by atoms with Crippen LogP contribution in [0.5, 0.6) is 0 Å². The van der Waals surface area contributed by atoms with Crippen molar-refractivity contribution in [2.45, 2.75) is 24.9 Å². The Kier molecular flexibility index (Phi) is 8.48. The lowest BCUT2D eigenvalue weighted by atomic mass is 10.1. The van der Waals surface area contributed by atoms with Crippen LogP contribution in [0.25, 0.3) is 11.3 Å². The van der Waals surface area contributed by atoms with Gasteiger partial charge in [0.1, 0.15) is 18.2 Å². The molecule has 0 bridgehead atoms. The number of benzene rings is 2. The molecule has 34 heavy (non-hydrogen) atoms. The van der Waals surface area contributed by atoms with Crippen LogP contribution in [0.2, 0.25) is 5.02 Å². The number of carbonyl (C=O) groups excluding carboxylic acids is 1. The zero-order valence-electron chi connectivity index (χ0n) is 17.6. The predicted octanol–water partition coefficient (Wildman–Crippen LogP) is 4.98. The maximum absolute atomic E-state index is 13.9. The van der Waals surface area contributed by atoms with Crippen molar-refractivity contribution in [3.05, 3.63) is 70.8 Å². The van der Waals surface area contributed by atoms with E-state index in [1.807, 2.05) is 0 Å². The number of anilines is 1. The number of amides is 1. The van der Waals surface area contributed by atoms with Crippen molar-refractivity contribution in [1.82, 2.24) is 10.5 Å². The number of ether oxygens (including phenoxy) is 1. The fraction of sp³-hybridized carbons (Fsp3) is 0.273. The molecule has 3 rings (SSSR count). The first-order valence-corrected chi connectivity index (χ1v) is 10.4. The highest BCUT2D eigenvalue weighted by Gasteiger charge is 2.32. The highest BCUT2D eigenvalue weighted by atomic mass is 35.5. The number of hydrogen-bond donors (Lipinski definition) is 2. The number of nitrogens with zero attached hydrogens (tertiary/aromatic N) is 2. The summed E-state index contributed by atoms with van der Waals surface area (Å²) in [5.41, 5.74) is 5.79. The molecule has 0 spiro atoms. The lowest BCUT2D eigenvalue weighted by molar-refractivity contribution is -0.0150. The Morgan fingerprint density at radius 2 is 2.00 bits per heavy atom. The Bertz CT molecular complexity index is 1130. The van der Waals surface area contributed by atoms with E-state index in [0.29, 0.717) is 11.1 Å². The summed E-state index contributed by atoms with van der Waals surface area (Å²) in [6, 6.07) is 9.80. The van der Waals surface area contributed by atoms with Gasteiger partial charge in [-0.3, -0.25) is 5.32 Å². The first kappa shape index (κ1) is 25.5. The molecular formula is C22H20ClF4N4O3. The van der Waals surface area contributed by atoms with Gasteiger partial charge in [-0.15, -0.1) is 0 Å². The maximum atomic E-state index is 13.9. The predicted molar refractivity (Wildman–Crippen MR) is 117 cm³/mol. The number of nitrogens with two attached hydrogens (primary N) is 1. The minimum atomic E-state index is -3.26. The summed E-state index contributed by atoms with van der Waals surface area (Å²) in [5.74, 6) is -4.24. The van der Waals surface area contributed by atoms with Crippen LogP contribution in [0.4, 0.5) is 28.2 Å². The van der Waals surface area contributed by atoms with Crippen LogP contribution in [-0.2, 0) is 11.3 Å². The first-order chi connectivity index (χ1) is 16.2. The molecule has 1 atom stereocenters. The molecule has 0 unspecified atom stereocenters. The molecule has 0 aliphatic heterocycles. The van der Waals surface area contributed by atoms with E-state index in [1.165, 1.54) is 36.4 Å². The molecule has 0 aliphatic carbocycles. The number of halogens is 5. The number of alkyl halides is 2. The van der Waals surface area contributed by atoms with Crippen molar-refractivity contribution in [3.8, 4) is 11.3 Å². The zero-order valence-corrected chi connectivity index (χ0v) is 18.4. The molecule has 3 aromatic rings. The van der Waals surface area contributed by atoms with Crippen LogP contribution < -0.4 is 16.4 Å². The molecule has 0 aliphatic rings. The number of carbonyl (C=O) groups is 1. The highest BCUT2D eigenvalue weighted by Crippen LogP contribution is 2.24. The Morgan fingerprint density at radius 1 is 1.24 bits per heavy atom. The Hall–Kier alpha value is -3.15. The fourth-order valence-electron chi connectivity index (χ4n) is 2.93. The number of rotatable bonds is 10. The SMILES string of the molecule is NCC(F)(F)C[C@@H](COC(=O)Nc1cc(-c2cccc(F)c2)on1)[N]Cc1cccc(F)c1Cl. The molecule has 1 radical (unpaired) electrons. The molecule has 1 aromatic heterocycles. The molecule has 3 N–H and O–H groups in total. The number of aromatic nitrogens is 1. The summed E-state index contributed by atoms with van der Waals surface area (Å²) in [7, 11) is 0. The second-order valence-corrected chi connectivity index (χ2v) is 7.66. The fourth-order valence-corrected chi connectivity index (χ4v) is 3.11. The minimum absolute atomic E-state index is 0.0309. The van der Waals surface area contributed by atoms with Crippen LogP contribution in [-0.4, -0.2) is 36.4 Å². The highest BCUT2D eigenvalue weighted by molar-refractivity contribution is 6.31. The van der Waals surface area contributed by atoms with Gasteiger partial charge in [-0.1, -0.05) is 41.0 Å². The molecule has 0 saturated carbocycles. The van der Waals surface area contributed by atoms with E-state index in [9.17, 15) is 22.4 Å². The van der Waals surface area contributed by atoms with Gasteiger partial charge in [-0.25, -0.2) is 27.7 Å². The van der Waals surface area contributed by atoms with Crippen LogP contribution in [0.15, 0.2) is 53.1 Å². The van der Waals surface area contributed by atoms with E-state index in [1.54, 1.807) is 6.07 Å². The van der Waals surface area contributed by atoms with Gasteiger partial charge >= 0.3 is 6.09 Å². The van der Waals surface area contributed by atoms with Gasteiger partial charge in [-0.2, -0.15) is 0 Å². The Balaban J connectivity index is 1.59. The molecule has 181 valence electrons. The van der Waals surface area contributed by atoms with E-state index >= 15 is 0 Å². The van der Waals surface area contributed by atoms with Gasteiger partial charge in [0.05, 0.1) is 17.6 Å². The second kappa shape index (κ2) is 11.3. The topological polar surface area (TPSA) is 104 Å². The number of nitrogens with one attached hydrogen (secondary N) is 1. The van der Waals surface area contributed by atoms with Gasteiger partial charge in [0.15, 0.2) is 11.6 Å². The summed E-state index contributed by atoms with van der Waals surface area (Å²) >= 11 is 5.87. The van der Waals surface area contributed by atoms with Crippen LogP contribution >= 0.6 is 11.6 Å². The van der Waals surface area contributed by atoms with Gasteiger partial charge in [0.25, 0.3) is 5.92 Å². The summed E-state index contributed by atoms with van der Waals surface area (Å²) < 4.78 is 64.7. The van der Waals surface area contributed by atoms with Gasteiger partial charge in [-0.05, 0) is 23.8 Å². The van der Waals surface area contributed by atoms with Crippen molar-refractivity contribution in [3.63, 3.8) is 0 Å². The van der Waals surface area contributed by atoms with E-state index in [0.717, 1.165) is 6.07 Å². The summed E-state index contributed by atoms with van der Waals surface area (Å²) in [6.07, 6.45) is -1.80. The molecule has 7 nitrogen and oxygen atoms in total. The van der Waals surface area contributed by atoms with E-state index in [2.05, 4.69) is 15.8 Å². The van der Waals surface area contributed by atoms with Crippen LogP contribution in [0.3, 0.4) is 0 Å². The second-order valence-electron chi connectivity index (χ2n) is 7.28. The number of hydrogen-bond acceptors (Lipinski definition) is 5. The standard InChI is InChI=1S/C22H20ClF4N4O3/c23-20-14(4-2-6-17(20)25)10-29-16(9-22(26,27)12-28)11-33-21(32)30-19-8-18(34-31-19)13-3-1-5-15(24)7-13/h1-8,16H,9-12,28H2,(H,30,31,32)/t16-/m0/s1. The smallest absolute Gasteiger partial charge is 0.412 e. The summed E-state index contributed by atoms with van der Waals surface area (Å²) in [5, 5.41) is 9.85. The molecule has 0 fully saturated rings. The molecular weight excluding hydrogens is 480 g/mol. The summed E-state index contributed by atoms with van der Waals surface area (Å²) in [4.78, 5) is 12.1. The lowest BCUT2D eigenvalue weighted by Crippen LogP contribution is -2.39. The average Bonchev–Trinajstić information content (AvgIpc) is 3.26. The van der Waals surface area contributed by atoms with E-state index in [4.69, 9.17) is 26.6 Å². The summed E-state index contributed by atoms with van der Waals surface area (Å²) in [6.45, 7) is -1.61. The Morgan fingerprint density at radius 3 is 2.74 bits per heavy atom. The third-order valence-electron chi connectivity index (χ3n) is 4.64. The van der Waals surface area contributed by atoms with Crippen LogP contribution in [0, 0.1) is 11.6 Å². The van der Waals surface area contributed by atoms with Crippen molar-refractivity contribution in [2.75, 3.05) is 18.5 Å². The third-order valence-corrected chi connectivity index (χ3v) is 5.06. The van der Waals surface area contributed by atoms with E-state index < -0.39 is 49.3 Å². The molecule has 0 saturated heterocycles. The first-order valence-electron chi connectivity index (χ1n) is 10.0. The quantitative estimate of drug-likeness (QED) is 0.383. The monoisotopic (exact) mass is 499 g/mol. The van der Waals surface area contributed by atoms with Crippen molar-refractivity contribution in [2.24, 2.45) is 5.73 Å². The molecule has 2 aromatic carbocycles. The average molecular weight is 500 g/mol. The van der Waals surface area contributed by atoms with Crippen molar-refractivity contribution in [1.29, 1.82) is 0 Å². The third kappa shape index (κ3) is 7.17.